The number of para-hydroxylation sites is 1. The summed E-state index contributed by atoms with van der Waals surface area (Å²) in [5.74, 6) is 1.25. The number of hydrogen-bond donors (Lipinski definition) is 2. The van der Waals surface area contributed by atoms with Gasteiger partial charge in [-0.25, -0.2) is 0 Å². The summed E-state index contributed by atoms with van der Waals surface area (Å²) in [6, 6.07) is 21.8. The third-order valence-corrected chi connectivity index (χ3v) is 4.42. The molecule has 150 valence electrons. The second-order valence-corrected chi connectivity index (χ2v) is 6.91. The number of benzene rings is 3. The van der Waals surface area contributed by atoms with Gasteiger partial charge < -0.3 is 20.1 Å². The van der Waals surface area contributed by atoms with E-state index in [1.165, 1.54) is 0 Å². The summed E-state index contributed by atoms with van der Waals surface area (Å²) in [5, 5.41) is 6.71. The highest BCUT2D eigenvalue weighted by Gasteiger charge is 2.07. The van der Waals surface area contributed by atoms with Crippen LogP contribution in [0.4, 0.5) is 11.4 Å². The van der Waals surface area contributed by atoms with Gasteiger partial charge >= 0.3 is 0 Å². The fourth-order valence-electron chi connectivity index (χ4n) is 2.50. The molecule has 0 aliphatic rings. The minimum Gasteiger partial charge on any atom is -0.490 e. The Labute approximate surface area is 179 Å². The molecule has 0 bridgehead atoms. The first-order valence-electron chi connectivity index (χ1n) is 8.99. The second kappa shape index (κ2) is 10.6. The smallest absolute Gasteiger partial charge is 0.243 e. The van der Waals surface area contributed by atoms with E-state index in [0.29, 0.717) is 34.7 Å². The van der Waals surface area contributed by atoms with E-state index < -0.39 is 0 Å². The molecule has 0 aliphatic heterocycles. The number of carbonyl (C=O) groups excluding carboxylic acids is 1. The summed E-state index contributed by atoms with van der Waals surface area (Å²) in [4.78, 5) is 12.2. The molecule has 0 saturated carbocycles. The molecule has 0 heterocycles. The average Bonchev–Trinajstić information content (AvgIpc) is 2.73. The number of halogens is 2. The quantitative estimate of drug-likeness (QED) is 0.439. The number of anilines is 2. The molecule has 7 heteroatoms. The van der Waals surface area contributed by atoms with Crippen LogP contribution in [0.5, 0.6) is 11.5 Å². The van der Waals surface area contributed by atoms with Crippen molar-refractivity contribution in [1.29, 1.82) is 0 Å². The molecule has 2 N–H and O–H groups in total. The highest BCUT2D eigenvalue weighted by atomic mass is 35.5. The van der Waals surface area contributed by atoms with E-state index in [4.69, 9.17) is 32.7 Å². The molecule has 0 saturated heterocycles. The monoisotopic (exact) mass is 430 g/mol. The molecule has 0 radical (unpaired) electrons. The van der Waals surface area contributed by atoms with Crippen molar-refractivity contribution in [3.63, 3.8) is 0 Å². The molecule has 3 aromatic carbocycles. The first kappa shape index (κ1) is 20.8. The van der Waals surface area contributed by atoms with E-state index in [1.54, 1.807) is 18.2 Å². The topological polar surface area (TPSA) is 59.6 Å². The summed E-state index contributed by atoms with van der Waals surface area (Å²) in [5.41, 5.74) is 1.24. The van der Waals surface area contributed by atoms with Gasteiger partial charge in [-0.2, -0.15) is 0 Å². The van der Waals surface area contributed by atoms with E-state index in [2.05, 4.69) is 10.6 Å². The van der Waals surface area contributed by atoms with Crippen LogP contribution in [-0.2, 0) is 4.79 Å². The minimum atomic E-state index is -0.239. The van der Waals surface area contributed by atoms with Gasteiger partial charge in [0.2, 0.25) is 5.91 Å². The van der Waals surface area contributed by atoms with Gasteiger partial charge in [0.25, 0.3) is 0 Å². The van der Waals surface area contributed by atoms with Crippen molar-refractivity contribution in [2.75, 3.05) is 30.4 Å². The SMILES string of the molecule is O=C(CNc1cccc(OCCOc2ccccc2)c1)Nc1cc(Cl)ccc1Cl. The molecule has 3 aromatic rings. The summed E-state index contributed by atoms with van der Waals surface area (Å²) in [6.45, 7) is 0.917. The molecule has 0 aromatic heterocycles. The molecule has 1 amide bonds. The predicted molar refractivity (Wildman–Crippen MR) is 117 cm³/mol. The van der Waals surface area contributed by atoms with Gasteiger partial charge in [0.1, 0.15) is 24.7 Å². The number of hydrogen-bond acceptors (Lipinski definition) is 4. The van der Waals surface area contributed by atoms with E-state index in [9.17, 15) is 4.79 Å². The molecule has 0 spiro atoms. The lowest BCUT2D eigenvalue weighted by Gasteiger charge is -2.11. The lowest BCUT2D eigenvalue weighted by molar-refractivity contribution is -0.114. The van der Waals surface area contributed by atoms with Gasteiger partial charge in [-0.1, -0.05) is 47.5 Å². The van der Waals surface area contributed by atoms with Crippen LogP contribution in [0.1, 0.15) is 0 Å². The van der Waals surface area contributed by atoms with Gasteiger partial charge in [0, 0.05) is 16.8 Å². The molecule has 5 nitrogen and oxygen atoms in total. The normalized spacial score (nSPS) is 10.3. The van der Waals surface area contributed by atoms with Gasteiger partial charge in [0.15, 0.2) is 0 Å². The van der Waals surface area contributed by atoms with Crippen LogP contribution in [0.3, 0.4) is 0 Å². The van der Waals surface area contributed by atoms with Crippen molar-refractivity contribution in [3.8, 4) is 11.5 Å². The lowest BCUT2D eigenvalue weighted by Crippen LogP contribution is -2.22. The zero-order valence-corrected chi connectivity index (χ0v) is 17.0. The highest BCUT2D eigenvalue weighted by molar-refractivity contribution is 6.35. The standard InChI is InChI=1S/C22H20Cl2N2O3/c23-16-9-10-20(24)21(13-16)26-22(27)15-25-17-5-4-8-19(14-17)29-12-11-28-18-6-2-1-3-7-18/h1-10,13-14,25H,11-12,15H2,(H,26,27). The lowest BCUT2D eigenvalue weighted by atomic mass is 10.3. The fourth-order valence-corrected chi connectivity index (χ4v) is 2.84. The first-order chi connectivity index (χ1) is 14.1. The van der Waals surface area contributed by atoms with Crippen molar-refractivity contribution in [2.45, 2.75) is 0 Å². The van der Waals surface area contributed by atoms with Crippen molar-refractivity contribution in [1.82, 2.24) is 0 Å². The van der Waals surface area contributed by atoms with Gasteiger partial charge in [-0.05, 0) is 42.5 Å². The minimum absolute atomic E-state index is 0.0728. The Morgan fingerprint density at radius 2 is 1.55 bits per heavy atom. The van der Waals surface area contributed by atoms with Gasteiger partial charge in [0.05, 0.1) is 17.3 Å². The first-order valence-corrected chi connectivity index (χ1v) is 9.75. The number of rotatable bonds is 9. The Morgan fingerprint density at radius 1 is 0.828 bits per heavy atom. The van der Waals surface area contributed by atoms with Gasteiger partial charge in [-0.15, -0.1) is 0 Å². The summed E-state index contributed by atoms with van der Waals surface area (Å²) in [6.07, 6.45) is 0. The maximum absolute atomic E-state index is 12.2. The second-order valence-electron chi connectivity index (χ2n) is 6.06. The third-order valence-electron chi connectivity index (χ3n) is 3.85. The maximum atomic E-state index is 12.2. The molecule has 0 aliphatic carbocycles. The van der Waals surface area contributed by atoms with E-state index in [0.717, 1.165) is 11.4 Å². The Morgan fingerprint density at radius 3 is 2.34 bits per heavy atom. The van der Waals surface area contributed by atoms with Gasteiger partial charge in [-0.3, -0.25) is 4.79 Å². The Hall–Kier alpha value is -2.89. The molecule has 29 heavy (non-hydrogen) atoms. The summed E-state index contributed by atoms with van der Waals surface area (Å²) >= 11 is 12.0. The summed E-state index contributed by atoms with van der Waals surface area (Å²) < 4.78 is 11.3. The fraction of sp³-hybridized carbons (Fsp3) is 0.136. The highest BCUT2D eigenvalue weighted by Crippen LogP contribution is 2.25. The average molecular weight is 431 g/mol. The van der Waals surface area contributed by atoms with Crippen LogP contribution in [0.15, 0.2) is 72.8 Å². The molecule has 3 rings (SSSR count). The summed E-state index contributed by atoms with van der Waals surface area (Å²) in [7, 11) is 0. The maximum Gasteiger partial charge on any atom is 0.243 e. The van der Waals surface area contributed by atoms with Crippen LogP contribution in [0.25, 0.3) is 0 Å². The molecule has 0 atom stereocenters. The van der Waals surface area contributed by atoms with Crippen molar-refractivity contribution in [3.05, 3.63) is 82.8 Å². The number of amides is 1. The number of ether oxygens (including phenoxy) is 2. The van der Waals surface area contributed by atoms with Crippen LogP contribution in [0.2, 0.25) is 10.0 Å². The van der Waals surface area contributed by atoms with Crippen molar-refractivity contribution in [2.24, 2.45) is 0 Å². The Balaban J connectivity index is 1.44. The Bertz CT molecular complexity index is 952. The van der Waals surface area contributed by atoms with E-state index in [-0.39, 0.29) is 12.5 Å². The van der Waals surface area contributed by atoms with E-state index in [1.807, 2.05) is 54.6 Å². The van der Waals surface area contributed by atoms with Crippen LogP contribution >= 0.6 is 23.2 Å². The molecular formula is C22H20Cl2N2O3. The molecule has 0 unspecified atom stereocenters. The number of carbonyl (C=O) groups is 1. The third kappa shape index (κ3) is 6.89. The zero-order chi connectivity index (χ0) is 20.5. The molecular weight excluding hydrogens is 411 g/mol. The zero-order valence-electron chi connectivity index (χ0n) is 15.5. The van der Waals surface area contributed by atoms with Crippen molar-refractivity contribution >= 4 is 40.5 Å². The largest absolute Gasteiger partial charge is 0.490 e. The van der Waals surface area contributed by atoms with Crippen LogP contribution in [-0.4, -0.2) is 25.7 Å². The molecule has 0 fully saturated rings. The predicted octanol–water partition coefficient (Wildman–Crippen LogP) is 5.50. The number of nitrogens with one attached hydrogen (secondary N) is 2. The van der Waals surface area contributed by atoms with Crippen LogP contribution < -0.4 is 20.1 Å². The van der Waals surface area contributed by atoms with E-state index >= 15 is 0 Å². The van der Waals surface area contributed by atoms with Crippen LogP contribution in [0, 0.1) is 0 Å². The van der Waals surface area contributed by atoms with Crippen molar-refractivity contribution < 1.29 is 14.3 Å². The Kier molecular flexibility index (Phi) is 7.61.